The molecule has 0 heterocycles. The summed E-state index contributed by atoms with van der Waals surface area (Å²) < 4.78 is 4.94. The summed E-state index contributed by atoms with van der Waals surface area (Å²) in [7, 11) is 0. The van der Waals surface area contributed by atoms with Crippen LogP contribution in [0.5, 0.6) is 0 Å². The monoisotopic (exact) mass is 271 g/mol. The van der Waals surface area contributed by atoms with Gasteiger partial charge in [-0.15, -0.1) is 0 Å². The van der Waals surface area contributed by atoms with Gasteiger partial charge in [-0.2, -0.15) is 0 Å². The third-order valence-corrected chi connectivity index (χ3v) is 2.89. The zero-order valence-corrected chi connectivity index (χ0v) is 10.9. The van der Waals surface area contributed by atoms with E-state index in [1.54, 1.807) is 13.8 Å². The van der Waals surface area contributed by atoms with Crippen molar-refractivity contribution in [1.82, 2.24) is 0 Å². The van der Waals surface area contributed by atoms with Crippen molar-refractivity contribution in [3.05, 3.63) is 38.9 Å². The number of rotatable bonds is 5. The highest BCUT2D eigenvalue weighted by atomic mass is 35.5. The SMILES string of the molecule is CCOC(=O)C(CC)c1cc([N+](=O)[O-])ccc1Cl. The minimum Gasteiger partial charge on any atom is -0.466 e. The van der Waals surface area contributed by atoms with Crippen molar-refractivity contribution in [3.63, 3.8) is 0 Å². The summed E-state index contributed by atoms with van der Waals surface area (Å²) in [5.41, 5.74) is 0.351. The lowest BCUT2D eigenvalue weighted by Crippen LogP contribution is -2.15. The van der Waals surface area contributed by atoms with Crippen molar-refractivity contribution < 1.29 is 14.5 Å². The first-order chi connectivity index (χ1) is 8.51. The Morgan fingerprint density at radius 1 is 1.50 bits per heavy atom. The summed E-state index contributed by atoms with van der Waals surface area (Å²) in [6.07, 6.45) is 0.472. The maximum atomic E-state index is 11.8. The number of ether oxygens (including phenoxy) is 1. The van der Waals surface area contributed by atoms with Gasteiger partial charge in [0, 0.05) is 17.2 Å². The van der Waals surface area contributed by atoms with Crippen molar-refractivity contribution in [2.75, 3.05) is 6.61 Å². The fraction of sp³-hybridized carbons (Fsp3) is 0.417. The second-order valence-electron chi connectivity index (χ2n) is 3.68. The minimum absolute atomic E-state index is 0.0860. The number of halogens is 1. The molecule has 0 fully saturated rings. The van der Waals surface area contributed by atoms with Crippen molar-refractivity contribution in [2.45, 2.75) is 26.2 Å². The lowest BCUT2D eigenvalue weighted by atomic mass is 9.96. The Kier molecular flexibility index (Phi) is 5.09. The van der Waals surface area contributed by atoms with Crippen LogP contribution in [0.3, 0.4) is 0 Å². The minimum atomic E-state index is -0.572. The number of benzene rings is 1. The molecule has 0 amide bonds. The van der Waals surface area contributed by atoms with E-state index in [-0.39, 0.29) is 12.3 Å². The number of carbonyl (C=O) groups is 1. The highest BCUT2D eigenvalue weighted by molar-refractivity contribution is 6.31. The van der Waals surface area contributed by atoms with E-state index in [1.165, 1.54) is 18.2 Å². The number of nitro groups is 1. The summed E-state index contributed by atoms with van der Waals surface area (Å²) in [4.78, 5) is 22.0. The topological polar surface area (TPSA) is 69.4 Å². The molecule has 1 atom stereocenters. The molecule has 1 aromatic carbocycles. The Balaban J connectivity index is 3.15. The molecule has 18 heavy (non-hydrogen) atoms. The first kappa shape index (κ1) is 14.4. The van der Waals surface area contributed by atoms with Gasteiger partial charge in [-0.05, 0) is 25.0 Å². The molecule has 0 aliphatic heterocycles. The van der Waals surface area contributed by atoms with E-state index in [4.69, 9.17) is 16.3 Å². The number of non-ortho nitro benzene ring substituents is 1. The van der Waals surface area contributed by atoms with Crippen LogP contribution in [0.25, 0.3) is 0 Å². The van der Waals surface area contributed by atoms with Crippen molar-refractivity contribution in [2.24, 2.45) is 0 Å². The Morgan fingerprint density at radius 3 is 2.67 bits per heavy atom. The molecule has 1 unspecified atom stereocenters. The van der Waals surface area contributed by atoms with Gasteiger partial charge in [0.25, 0.3) is 5.69 Å². The molecule has 98 valence electrons. The van der Waals surface area contributed by atoms with E-state index in [1.807, 2.05) is 0 Å². The summed E-state index contributed by atoms with van der Waals surface area (Å²) in [5, 5.41) is 11.1. The molecule has 0 bridgehead atoms. The zero-order chi connectivity index (χ0) is 13.7. The number of nitro benzene ring substituents is 1. The lowest BCUT2D eigenvalue weighted by molar-refractivity contribution is -0.384. The van der Waals surface area contributed by atoms with Crippen LogP contribution in [0, 0.1) is 10.1 Å². The molecule has 0 radical (unpaired) electrons. The van der Waals surface area contributed by atoms with Crippen LogP contribution in [0.4, 0.5) is 5.69 Å². The number of esters is 1. The molecule has 1 aromatic rings. The van der Waals surface area contributed by atoms with Gasteiger partial charge in [0.05, 0.1) is 17.4 Å². The molecule has 0 N–H and O–H groups in total. The quantitative estimate of drug-likeness (QED) is 0.468. The Bertz CT molecular complexity index is 461. The van der Waals surface area contributed by atoms with Gasteiger partial charge in [-0.25, -0.2) is 0 Å². The molecule has 6 heteroatoms. The molecular weight excluding hydrogens is 258 g/mol. The predicted octanol–water partition coefficient (Wildman–Crippen LogP) is 3.30. The van der Waals surface area contributed by atoms with Crippen molar-refractivity contribution in [1.29, 1.82) is 0 Å². The van der Waals surface area contributed by atoms with Crippen LogP contribution in [-0.2, 0) is 9.53 Å². The first-order valence-corrected chi connectivity index (χ1v) is 5.99. The second kappa shape index (κ2) is 6.35. The maximum absolute atomic E-state index is 11.8. The summed E-state index contributed by atoms with van der Waals surface area (Å²) in [5.74, 6) is -0.986. The highest BCUT2D eigenvalue weighted by Gasteiger charge is 2.24. The molecule has 1 rings (SSSR count). The van der Waals surface area contributed by atoms with Gasteiger partial charge in [0.2, 0.25) is 0 Å². The van der Waals surface area contributed by atoms with E-state index in [0.29, 0.717) is 17.0 Å². The fourth-order valence-corrected chi connectivity index (χ4v) is 1.92. The number of carbonyl (C=O) groups excluding carboxylic acids is 1. The average molecular weight is 272 g/mol. The van der Waals surface area contributed by atoms with Gasteiger partial charge >= 0.3 is 5.97 Å². The van der Waals surface area contributed by atoms with Gasteiger partial charge in [0.15, 0.2) is 0 Å². The van der Waals surface area contributed by atoms with Crippen LogP contribution in [0.1, 0.15) is 31.7 Å². The second-order valence-corrected chi connectivity index (χ2v) is 4.08. The summed E-state index contributed by atoms with van der Waals surface area (Å²) in [6, 6.07) is 4.06. The normalized spacial score (nSPS) is 11.9. The van der Waals surface area contributed by atoms with Crippen molar-refractivity contribution in [3.8, 4) is 0 Å². The average Bonchev–Trinajstić information content (AvgIpc) is 2.32. The summed E-state index contributed by atoms with van der Waals surface area (Å²) >= 11 is 5.99. The number of hydrogen-bond acceptors (Lipinski definition) is 4. The number of nitrogens with zero attached hydrogens (tertiary/aromatic N) is 1. The predicted molar refractivity (Wildman–Crippen MR) is 67.8 cm³/mol. The third kappa shape index (κ3) is 3.20. The standard InChI is InChI=1S/C12H14ClNO4/c1-3-9(12(15)18-4-2)10-7-8(14(16)17)5-6-11(10)13/h5-7,9H,3-4H2,1-2H3. The lowest BCUT2D eigenvalue weighted by Gasteiger charge is -2.15. The van der Waals surface area contributed by atoms with Crippen LogP contribution in [-0.4, -0.2) is 17.5 Å². The van der Waals surface area contributed by atoms with E-state index >= 15 is 0 Å². The maximum Gasteiger partial charge on any atom is 0.313 e. The van der Waals surface area contributed by atoms with Crippen LogP contribution >= 0.6 is 11.6 Å². The summed E-state index contributed by atoms with van der Waals surface area (Å²) in [6.45, 7) is 3.78. The Morgan fingerprint density at radius 2 is 2.17 bits per heavy atom. The van der Waals surface area contributed by atoms with E-state index < -0.39 is 16.8 Å². The van der Waals surface area contributed by atoms with E-state index in [0.717, 1.165) is 0 Å². The highest BCUT2D eigenvalue weighted by Crippen LogP contribution is 2.31. The van der Waals surface area contributed by atoms with E-state index in [2.05, 4.69) is 0 Å². The molecule has 0 aliphatic carbocycles. The Hall–Kier alpha value is -1.62. The molecule has 0 saturated heterocycles. The first-order valence-electron chi connectivity index (χ1n) is 5.61. The van der Waals surface area contributed by atoms with Crippen molar-refractivity contribution >= 4 is 23.3 Å². The van der Waals surface area contributed by atoms with Crippen LogP contribution in [0.2, 0.25) is 5.02 Å². The molecule has 0 aliphatic rings. The van der Waals surface area contributed by atoms with Crippen LogP contribution < -0.4 is 0 Å². The molecule has 5 nitrogen and oxygen atoms in total. The van der Waals surface area contributed by atoms with Crippen LogP contribution in [0.15, 0.2) is 18.2 Å². The zero-order valence-electron chi connectivity index (χ0n) is 10.2. The van der Waals surface area contributed by atoms with E-state index in [9.17, 15) is 14.9 Å². The third-order valence-electron chi connectivity index (χ3n) is 2.55. The van der Waals surface area contributed by atoms with Gasteiger partial charge in [-0.1, -0.05) is 18.5 Å². The number of hydrogen-bond donors (Lipinski definition) is 0. The molecule has 0 saturated carbocycles. The smallest absolute Gasteiger partial charge is 0.313 e. The largest absolute Gasteiger partial charge is 0.466 e. The van der Waals surface area contributed by atoms with Gasteiger partial charge in [0.1, 0.15) is 0 Å². The van der Waals surface area contributed by atoms with Gasteiger partial charge < -0.3 is 4.74 Å². The van der Waals surface area contributed by atoms with Gasteiger partial charge in [-0.3, -0.25) is 14.9 Å². The molecule has 0 spiro atoms. The fourth-order valence-electron chi connectivity index (χ4n) is 1.67. The Labute approximate surface area is 110 Å². The molecule has 0 aromatic heterocycles. The molecular formula is C12H14ClNO4.